The minimum atomic E-state index is -0.616. The number of pyridine rings is 1. The molecule has 0 atom stereocenters. The molecule has 2 rings (SSSR count). The van der Waals surface area contributed by atoms with Crippen LogP contribution >= 0.6 is 0 Å². The van der Waals surface area contributed by atoms with Gasteiger partial charge in [-0.3, -0.25) is 19.6 Å². The topological polar surface area (TPSA) is 92.3 Å². The fourth-order valence-electron chi connectivity index (χ4n) is 3.25. The van der Waals surface area contributed by atoms with Gasteiger partial charge in [0.05, 0.1) is 31.1 Å². The summed E-state index contributed by atoms with van der Waals surface area (Å²) in [6, 6.07) is 5.75. The van der Waals surface area contributed by atoms with Crippen LogP contribution in [-0.4, -0.2) is 89.5 Å². The van der Waals surface area contributed by atoms with Crippen LogP contribution in [0.3, 0.4) is 0 Å². The van der Waals surface area contributed by atoms with Crippen LogP contribution in [0.15, 0.2) is 18.2 Å². The summed E-state index contributed by atoms with van der Waals surface area (Å²) in [5.41, 5.74) is 1.03. The first-order valence-electron chi connectivity index (χ1n) is 10.7. The van der Waals surface area contributed by atoms with Crippen molar-refractivity contribution in [3.05, 3.63) is 29.6 Å². The van der Waals surface area contributed by atoms with Crippen LogP contribution in [0.1, 0.15) is 39.1 Å². The molecule has 1 aliphatic rings. The minimum Gasteiger partial charge on any atom is -0.465 e. The monoisotopic (exact) mass is 434 g/mol. The summed E-state index contributed by atoms with van der Waals surface area (Å²) in [6.45, 7) is 10.6. The van der Waals surface area contributed by atoms with Crippen molar-refractivity contribution in [1.29, 1.82) is 0 Å². The zero-order chi connectivity index (χ0) is 22.9. The van der Waals surface area contributed by atoms with E-state index in [-0.39, 0.29) is 19.1 Å². The molecule has 31 heavy (non-hydrogen) atoms. The van der Waals surface area contributed by atoms with Gasteiger partial charge < -0.3 is 19.2 Å². The minimum absolute atomic E-state index is 0.110. The van der Waals surface area contributed by atoms with Crippen LogP contribution in [0.4, 0.5) is 4.79 Å². The standard InChI is InChI=1S/C22H34N4O5/c1-5-30-20(28)17-25-10-12-26(21(29)31-22(2,3)4)11-9-24(13-14-27)15-18-7-6-8-19(16-25)23-18/h6-8,14H,5,9-13,15-17H2,1-4H3. The second-order valence-electron chi connectivity index (χ2n) is 8.51. The number of esters is 1. The van der Waals surface area contributed by atoms with Crippen molar-refractivity contribution in [3.8, 4) is 0 Å². The van der Waals surface area contributed by atoms with E-state index in [1.54, 1.807) is 11.8 Å². The van der Waals surface area contributed by atoms with E-state index in [1.807, 2.05) is 48.8 Å². The van der Waals surface area contributed by atoms with Gasteiger partial charge in [-0.05, 0) is 39.8 Å². The van der Waals surface area contributed by atoms with Gasteiger partial charge in [0.15, 0.2) is 0 Å². The highest BCUT2D eigenvalue weighted by Gasteiger charge is 2.24. The first kappa shape index (κ1) is 24.7. The first-order chi connectivity index (χ1) is 14.7. The van der Waals surface area contributed by atoms with Crippen LogP contribution in [0.2, 0.25) is 0 Å². The third-order valence-electron chi connectivity index (χ3n) is 4.65. The SMILES string of the molecule is CCOC(=O)CN1CCN(C(=O)OC(C)(C)C)CCN(CC=O)Cc2cccc(n2)C1. The van der Waals surface area contributed by atoms with Crippen molar-refractivity contribution in [3.63, 3.8) is 0 Å². The Morgan fingerprint density at radius 3 is 2.26 bits per heavy atom. The summed E-state index contributed by atoms with van der Waals surface area (Å²) >= 11 is 0. The smallest absolute Gasteiger partial charge is 0.410 e. The maximum absolute atomic E-state index is 12.8. The Morgan fingerprint density at radius 2 is 1.68 bits per heavy atom. The molecule has 0 radical (unpaired) electrons. The summed E-state index contributed by atoms with van der Waals surface area (Å²) in [6.07, 6.45) is 0.442. The first-order valence-corrected chi connectivity index (χ1v) is 10.7. The largest absolute Gasteiger partial charge is 0.465 e. The number of amides is 1. The number of carbonyl (C=O) groups excluding carboxylic acids is 3. The van der Waals surface area contributed by atoms with E-state index < -0.39 is 11.7 Å². The Hall–Kier alpha value is -2.52. The van der Waals surface area contributed by atoms with E-state index in [0.717, 1.165) is 17.7 Å². The van der Waals surface area contributed by atoms with Gasteiger partial charge in [-0.1, -0.05) is 6.07 Å². The van der Waals surface area contributed by atoms with Crippen molar-refractivity contribution in [1.82, 2.24) is 19.7 Å². The van der Waals surface area contributed by atoms with Crippen LogP contribution in [0.5, 0.6) is 0 Å². The summed E-state index contributed by atoms with van der Waals surface area (Å²) in [7, 11) is 0. The molecule has 2 bridgehead atoms. The molecule has 0 aromatic carbocycles. The van der Waals surface area contributed by atoms with E-state index >= 15 is 0 Å². The van der Waals surface area contributed by atoms with Crippen molar-refractivity contribution < 1.29 is 23.9 Å². The third-order valence-corrected chi connectivity index (χ3v) is 4.65. The van der Waals surface area contributed by atoms with Gasteiger partial charge in [0, 0.05) is 39.3 Å². The fourth-order valence-corrected chi connectivity index (χ4v) is 3.25. The number of carbonyl (C=O) groups is 3. The predicted molar refractivity (Wildman–Crippen MR) is 115 cm³/mol. The lowest BCUT2D eigenvalue weighted by molar-refractivity contribution is -0.144. The van der Waals surface area contributed by atoms with Gasteiger partial charge in [-0.2, -0.15) is 0 Å². The number of hydrogen-bond donors (Lipinski definition) is 0. The number of rotatable bonds is 5. The molecule has 2 heterocycles. The third kappa shape index (κ3) is 9.02. The van der Waals surface area contributed by atoms with Crippen molar-refractivity contribution in [2.45, 2.75) is 46.4 Å². The molecule has 0 unspecified atom stereocenters. The van der Waals surface area contributed by atoms with Crippen molar-refractivity contribution >= 4 is 18.3 Å². The lowest BCUT2D eigenvalue weighted by Crippen LogP contribution is -2.46. The van der Waals surface area contributed by atoms with E-state index in [1.165, 1.54) is 0 Å². The Balaban J connectivity index is 2.26. The number of ether oxygens (including phenoxy) is 2. The zero-order valence-corrected chi connectivity index (χ0v) is 19.0. The van der Waals surface area contributed by atoms with E-state index in [2.05, 4.69) is 4.98 Å². The lowest BCUT2D eigenvalue weighted by Gasteiger charge is -2.32. The second kappa shape index (κ2) is 11.8. The highest BCUT2D eigenvalue weighted by atomic mass is 16.6. The molecule has 9 nitrogen and oxygen atoms in total. The molecule has 172 valence electrons. The van der Waals surface area contributed by atoms with Crippen molar-refractivity contribution in [2.75, 3.05) is 45.9 Å². The maximum atomic E-state index is 12.8. The van der Waals surface area contributed by atoms with Gasteiger partial charge >= 0.3 is 12.1 Å². The summed E-state index contributed by atoms with van der Waals surface area (Å²) < 4.78 is 10.7. The molecule has 9 heteroatoms. The van der Waals surface area contributed by atoms with Gasteiger partial charge in [0.25, 0.3) is 0 Å². The van der Waals surface area contributed by atoms with Crippen LogP contribution in [0.25, 0.3) is 0 Å². The zero-order valence-electron chi connectivity index (χ0n) is 19.0. The molecule has 0 aliphatic carbocycles. The molecule has 0 saturated carbocycles. The molecule has 1 aromatic heterocycles. The Bertz CT molecular complexity index is 750. The highest BCUT2D eigenvalue weighted by Crippen LogP contribution is 2.13. The quantitative estimate of drug-likeness (QED) is 0.511. The van der Waals surface area contributed by atoms with Crippen LogP contribution in [0, 0.1) is 0 Å². The molecule has 1 aromatic rings. The lowest BCUT2D eigenvalue weighted by atomic mass is 10.2. The fraction of sp³-hybridized carbons (Fsp3) is 0.636. The number of hydrogen-bond acceptors (Lipinski definition) is 8. The Morgan fingerprint density at radius 1 is 1.06 bits per heavy atom. The predicted octanol–water partition coefficient (Wildman–Crippen LogP) is 1.70. The average Bonchev–Trinajstić information content (AvgIpc) is 2.66. The Kier molecular flexibility index (Phi) is 9.39. The van der Waals surface area contributed by atoms with Crippen LogP contribution in [-0.2, 0) is 32.2 Å². The highest BCUT2D eigenvalue weighted by molar-refractivity contribution is 5.71. The van der Waals surface area contributed by atoms with Gasteiger partial charge in [0.1, 0.15) is 11.9 Å². The molecule has 0 N–H and O–H groups in total. The number of aldehydes is 1. The number of fused-ring (bicyclic) bond motifs is 2. The number of aromatic nitrogens is 1. The molecule has 0 fully saturated rings. The average molecular weight is 435 g/mol. The van der Waals surface area contributed by atoms with E-state index in [4.69, 9.17) is 9.47 Å². The van der Waals surface area contributed by atoms with Gasteiger partial charge in [-0.15, -0.1) is 0 Å². The molecule has 1 aliphatic heterocycles. The summed E-state index contributed by atoms with van der Waals surface area (Å²) in [5.74, 6) is -0.313. The van der Waals surface area contributed by atoms with E-state index in [0.29, 0.717) is 45.9 Å². The molecular formula is C22H34N4O5. The Labute approximate surface area is 184 Å². The summed E-state index contributed by atoms with van der Waals surface area (Å²) in [4.78, 5) is 46.2. The van der Waals surface area contributed by atoms with Crippen LogP contribution < -0.4 is 0 Å². The molecule has 0 spiro atoms. The van der Waals surface area contributed by atoms with E-state index in [9.17, 15) is 14.4 Å². The molecule has 0 saturated heterocycles. The second-order valence-corrected chi connectivity index (χ2v) is 8.51. The molecular weight excluding hydrogens is 400 g/mol. The maximum Gasteiger partial charge on any atom is 0.410 e. The van der Waals surface area contributed by atoms with Crippen molar-refractivity contribution in [2.24, 2.45) is 0 Å². The number of nitrogens with zero attached hydrogens (tertiary/aromatic N) is 4. The van der Waals surface area contributed by atoms with Gasteiger partial charge in [-0.25, -0.2) is 4.79 Å². The normalized spacial score (nSPS) is 16.7. The van der Waals surface area contributed by atoms with Gasteiger partial charge in [0.2, 0.25) is 0 Å². The molecule has 1 amide bonds. The summed E-state index contributed by atoms with van der Waals surface area (Å²) in [5, 5.41) is 0.